The van der Waals surface area contributed by atoms with Crippen molar-refractivity contribution < 1.29 is 12.8 Å². The van der Waals surface area contributed by atoms with Crippen molar-refractivity contribution in [1.82, 2.24) is 10.0 Å². The Morgan fingerprint density at radius 2 is 1.90 bits per heavy atom. The van der Waals surface area contributed by atoms with Gasteiger partial charge in [0, 0.05) is 12.6 Å². The molecule has 0 aromatic heterocycles. The summed E-state index contributed by atoms with van der Waals surface area (Å²) in [6, 6.07) is 1.65. The summed E-state index contributed by atoms with van der Waals surface area (Å²) >= 11 is 11.6. The number of rotatable bonds is 3. The summed E-state index contributed by atoms with van der Waals surface area (Å²) in [6.07, 6.45) is 1.63. The molecule has 1 unspecified atom stereocenters. The number of hydrogen-bond acceptors (Lipinski definition) is 3. The highest BCUT2D eigenvalue weighted by atomic mass is 35.5. The van der Waals surface area contributed by atoms with Crippen LogP contribution in [-0.4, -0.2) is 27.5 Å². The Kier molecular flexibility index (Phi) is 6.50. The number of hydrogen-bond donors (Lipinski definition) is 2. The summed E-state index contributed by atoms with van der Waals surface area (Å²) in [5.41, 5.74) is 0. The van der Waals surface area contributed by atoms with E-state index in [9.17, 15) is 12.8 Å². The van der Waals surface area contributed by atoms with E-state index >= 15 is 0 Å². The van der Waals surface area contributed by atoms with Crippen LogP contribution >= 0.6 is 35.6 Å². The van der Waals surface area contributed by atoms with E-state index in [1.165, 1.54) is 0 Å². The first-order valence-electron chi connectivity index (χ1n) is 5.78. The van der Waals surface area contributed by atoms with Crippen molar-refractivity contribution in [3.05, 3.63) is 28.0 Å². The van der Waals surface area contributed by atoms with Crippen LogP contribution in [0.2, 0.25) is 10.0 Å². The molecule has 9 heteroatoms. The lowest BCUT2D eigenvalue weighted by atomic mass is 10.1. The van der Waals surface area contributed by atoms with E-state index in [4.69, 9.17) is 23.2 Å². The molecular weight excluding hydrogens is 350 g/mol. The number of nitrogens with one attached hydrogen (secondary N) is 2. The molecule has 114 valence electrons. The molecular formula is C11H14Cl3FN2O2S. The quantitative estimate of drug-likeness (QED) is 0.868. The van der Waals surface area contributed by atoms with Gasteiger partial charge in [-0.05, 0) is 31.5 Å². The van der Waals surface area contributed by atoms with Gasteiger partial charge in [-0.25, -0.2) is 17.5 Å². The lowest BCUT2D eigenvalue weighted by Gasteiger charge is -2.24. The molecule has 0 aliphatic carbocycles. The third-order valence-electron chi connectivity index (χ3n) is 2.85. The van der Waals surface area contributed by atoms with Crippen molar-refractivity contribution in [2.24, 2.45) is 0 Å². The first-order chi connectivity index (χ1) is 8.90. The third-order valence-corrected chi connectivity index (χ3v) is 5.29. The fourth-order valence-electron chi connectivity index (χ4n) is 2.02. The fourth-order valence-corrected chi connectivity index (χ4v) is 4.48. The van der Waals surface area contributed by atoms with Crippen LogP contribution in [0.5, 0.6) is 0 Å². The summed E-state index contributed by atoms with van der Waals surface area (Å²) < 4.78 is 40.0. The van der Waals surface area contributed by atoms with Crippen LogP contribution in [0.15, 0.2) is 17.0 Å². The molecule has 4 nitrogen and oxygen atoms in total. The van der Waals surface area contributed by atoms with Crippen LogP contribution in [0.25, 0.3) is 0 Å². The first kappa shape index (κ1) is 17.9. The lowest BCUT2D eigenvalue weighted by Crippen LogP contribution is -2.45. The highest BCUT2D eigenvalue weighted by molar-refractivity contribution is 7.89. The van der Waals surface area contributed by atoms with Crippen LogP contribution in [-0.2, 0) is 10.0 Å². The van der Waals surface area contributed by atoms with Crippen molar-refractivity contribution in [2.45, 2.75) is 23.8 Å². The number of halogens is 4. The summed E-state index contributed by atoms with van der Waals surface area (Å²) in [4.78, 5) is -0.275. The standard InChI is InChI=1S/C11H13Cl2FN2O2S.ClH/c12-9-4-7(14)5-10(13)11(9)19(17,18)16-8-2-1-3-15-6-8;/h4-5,8,15-16H,1-3,6H2;1H. The molecule has 0 amide bonds. The zero-order chi connectivity index (χ0) is 14.0. The molecule has 1 aromatic carbocycles. The molecule has 1 saturated heterocycles. The molecule has 1 fully saturated rings. The largest absolute Gasteiger partial charge is 0.315 e. The predicted octanol–water partition coefficient (Wildman–Crippen LogP) is 2.58. The van der Waals surface area contributed by atoms with Gasteiger partial charge in [-0.2, -0.15) is 0 Å². The Bertz CT molecular complexity index is 554. The monoisotopic (exact) mass is 362 g/mol. The van der Waals surface area contributed by atoms with Crippen molar-refractivity contribution in [2.75, 3.05) is 13.1 Å². The predicted molar refractivity (Wildman–Crippen MR) is 79.9 cm³/mol. The molecule has 2 N–H and O–H groups in total. The van der Waals surface area contributed by atoms with Crippen molar-refractivity contribution in [1.29, 1.82) is 0 Å². The molecule has 0 spiro atoms. The lowest BCUT2D eigenvalue weighted by molar-refractivity contribution is 0.428. The van der Waals surface area contributed by atoms with Crippen LogP contribution < -0.4 is 10.0 Å². The minimum Gasteiger partial charge on any atom is -0.315 e. The maximum absolute atomic E-state index is 13.1. The molecule has 1 heterocycles. The number of benzene rings is 1. The van der Waals surface area contributed by atoms with Gasteiger partial charge in [0.2, 0.25) is 10.0 Å². The van der Waals surface area contributed by atoms with E-state index in [-0.39, 0.29) is 33.4 Å². The Hall–Kier alpha value is -0.110. The maximum atomic E-state index is 13.1. The molecule has 0 radical (unpaired) electrons. The van der Waals surface area contributed by atoms with E-state index < -0.39 is 15.8 Å². The van der Waals surface area contributed by atoms with Gasteiger partial charge < -0.3 is 5.32 Å². The Morgan fingerprint density at radius 1 is 1.30 bits per heavy atom. The Labute approximate surface area is 133 Å². The van der Waals surface area contributed by atoms with Crippen molar-refractivity contribution in [3.63, 3.8) is 0 Å². The van der Waals surface area contributed by atoms with Crippen LogP contribution in [0.3, 0.4) is 0 Å². The fraction of sp³-hybridized carbons (Fsp3) is 0.455. The molecule has 0 saturated carbocycles. The van der Waals surface area contributed by atoms with Crippen LogP contribution in [0.1, 0.15) is 12.8 Å². The summed E-state index contributed by atoms with van der Waals surface area (Å²) in [5, 5.41) is 2.65. The van der Waals surface area contributed by atoms with Crippen molar-refractivity contribution >= 4 is 45.6 Å². The van der Waals surface area contributed by atoms with E-state index in [0.717, 1.165) is 31.5 Å². The van der Waals surface area contributed by atoms with Crippen molar-refractivity contribution in [3.8, 4) is 0 Å². The summed E-state index contributed by atoms with van der Waals surface area (Å²) in [7, 11) is -3.86. The second kappa shape index (κ2) is 7.24. The van der Waals surface area contributed by atoms with Gasteiger partial charge in [0.15, 0.2) is 0 Å². The van der Waals surface area contributed by atoms with Gasteiger partial charge in [-0.15, -0.1) is 12.4 Å². The average molecular weight is 364 g/mol. The van der Waals surface area contributed by atoms with Crippen LogP contribution in [0, 0.1) is 5.82 Å². The SMILES string of the molecule is Cl.O=S(=O)(NC1CCCNC1)c1c(Cl)cc(F)cc1Cl. The van der Waals surface area contributed by atoms with Gasteiger partial charge >= 0.3 is 0 Å². The van der Waals surface area contributed by atoms with Gasteiger partial charge in [0.1, 0.15) is 10.7 Å². The molecule has 0 bridgehead atoms. The van der Waals surface area contributed by atoms with E-state index in [1.807, 2.05) is 0 Å². The highest BCUT2D eigenvalue weighted by Crippen LogP contribution is 2.30. The average Bonchev–Trinajstić information content (AvgIpc) is 2.27. The van der Waals surface area contributed by atoms with Gasteiger partial charge in [0.05, 0.1) is 10.0 Å². The topological polar surface area (TPSA) is 58.2 Å². The second-order valence-electron chi connectivity index (χ2n) is 4.36. The highest BCUT2D eigenvalue weighted by Gasteiger charge is 2.26. The van der Waals surface area contributed by atoms with Crippen LogP contribution in [0.4, 0.5) is 4.39 Å². The van der Waals surface area contributed by atoms with E-state index in [1.54, 1.807) is 0 Å². The van der Waals surface area contributed by atoms with Gasteiger partial charge in [0.25, 0.3) is 0 Å². The zero-order valence-electron chi connectivity index (χ0n) is 10.3. The second-order valence-corrected chi connectivity index (χ2v) is 6.83. The van der Waals surface area contributed by atoms with E-state index in [0.29, 0.717) is 6.54 Å². The first-order valence-corrected chi connectivity index (χ1v) is 8.01. The minimum absolute atomic E-state index is 0. The molecule has 1 aliphatic heterocycles. The molecule has 20 heavy (non-hydrogen) atoms. The number of sulfonamides is 1. The third kappa shape index (κ3) is 4.19. The Morgan fingerprint density at radius 3 is 2.40 bits per heavy atom. The van der Waals surface area contributed by atoms with Gasteiger partial charge in [-0.3, -0.25) is 0 Å². The summed E-state index contributed by atoms with van der Waals surface area (Å²) in [6.45, 7) is 1.42. The molecule has 1 aliphatic rings. The van der Waals surface area contributed by atoms with E-state index in [2.05, 4.69) is 10.0 Å². The normalized spacial score (nSPS) is 19.4. The zero-order valence-corrected chi connectivity index (χ0v) is 13.5. The maximum Gasteiger partial charge on any atom is 0.243 e. The molecule has 2 rings (SSSR count). The number of piperidine rings is 1. The summed E-state index contributed by atoms with van der Waals surface area (Å²) in [5.74, 6) is -0.673. The molecule has 1 atom stereocenters. The molecule has 1 aromatic rings. The smallest absolute Gasteiger partial charge is 0.243 e. The van der Waals surface area contributed by atoms with Gasteiger partial charge in [-0.1, -0.05) is 23.2 Å². The Balaban J connectivity index is 0.00000200. The minimum atomic E-state index is -3.86.